The molecule has 4 nitrogen and oxygen atoms in total. The van der Waals surface area contributed by atoms with Crippen molar-refractivity contribution in [2.75, 3.05) is 26.2 Å². The van der Waals surface area contributed by atoms with E-state index in [-0.39, 0.29) is 5.25 Å². The number of sulfonamides is 1. The normalized spacial score (nSPS) is 24.8. The molecule has 1 aliphatic rings. The highest BCUT2D eigenvalue weighted by molar-refractivity contribution is 7.89. The molecule has 0 bridgehead atoms. The maximum Gasteiger partial charge on any atom is 0.217 e. The molecule has 1 aliphatic heterocycles. The van der Waals surface area contributed by atoms with E-state index in [1.807, 2.05) is 0 Å². The fourth-order valence-electron chi connectivity index (χ4n) is 1.97. The number of hydrogen-bond acceptors (Lipinski definition) is 3. The van der Waals surface area contributed by atoms with Crippen LogP contribution in [0.15, 0.2) is 0 Å². The van der Waals surface area contributed by atoms with Gasteiger partial charge in [-0.3, -0.25) is 0 Å². The van der Waals surface area contributed by atoms with Gasteiger partial charge in [-0.25, -0.2) is 12.7 Å². The van der Waals surface area contributed by atoms with E-state index in [4.69, 9.17) is 0 Å². The summed E-state index contributed by atoms with van der Waals surface area (Å²) in [5.74, 6) is 0.505. The summed E-state index contributed by atoms with van der Waals surface area (Å²) >= 11 is 0. The molecule has 2 atom stereocenters. The zero-order chi connectivity index (χ0) is 12.2. The Hall–Kier alpha value is -0.130. The summed E-state index contributed by atoms with van der Waals surface area (Å²) in [6, 6.07) is 0. The summed E-state index contributed by atoms with van der Waals surface area (Å²) in [5.41, 5.74) is 0. The monoisotopic (exact) mass is 248 g/mol. The Morgan fingerprint density at radius 3 is 2.69 bits per heavy atom. The van der Waals surface area contributed by atoms with E-state index in [0.29, 0.717) is 25.6 Å². The Bertz CT molecular complexity index is 303. The predicted octanol–water partition coefficient (Wildman–Crippen LogP) is 1.05. The van der Waals surface area contributed by atoms with E-state index >= 15 is 0 Å². The van der Waals surface area contributed by atoms with Crippen molar-refractivity contribution in [3.8, 4) is 0 Å². The molecule has 1 heterocycles. The molecule has 96 valence electrons. The summed E-state index contributed by atoms with van der Waals surface area (Å²) in [5, 5.41) is 2.85. The second kappa shape index (κ2) is 5.98. The first-order chi connectivity index (χ1) is 7.48. The summed E-state index contributed by atoms with van der Waals surface area (Å²) in [7, 11) is -3.08. The molecule has 0 spiro atoms. The molecule has 0 radical (unpaired) electrons. The Morgan fingerprint density at radius 2 is 2.19 bits per heavy atom. The largest absolute Gasteiger partial charge is 0.315 e. The first-order valence-electron chi connectivity index (χ1n) is 6.18. The smallest absolute Gasteiger partial charge is 0.217 e. The molecule has 5 heteroatoms. The fraction of sp³-hybridized carbons (Fsp3) is 1.00. The van der Waals surface area contributed by atoms with Gasteiger partial charge in [0.15, 0.2) is 0 Å². The lowest BCUT2D eigenvalue weighted by molar-refractivity contribution is 0.452. The van der Waals surface area contributed by atoms with Gasteiger partial charge in [-0.15, -0.1) is 0 Å². The van der Waals surface area contributed by atoms with Gasteiger partial charge in [0.1, 0.15) is 0 Å². The van der Waals surface area contributed by atoms with Crippen LogP contribution in [-0.2, 0) is 10.0 Å². The first kappa shape index (κ1) is 13.9. The van der Waals surface area contributed by atoms with E-state index in [0.717, 1.165) is 19.4 Å². The third-order valence-corrected chi connectivity index (χ3v) is 5.35. The minimum Gasteiger partial charge on any atom is -0.315 e. The average molecular weight is 248 g/mol. The number of rotatable bonds is 6. The lowest BCUT2D eigenvalue weighted by atomic mass is 10.2. The van der Waals surface area contributed by atoms with Crippen LogP contribution in [0, 0.1) is 5.92 Å². The molecule has 1 fully saturated rings. The van der Waals surface area contributed by atoms with Gasteiger partial charge in [-0.2, -0.15) is 0 Å². The molecule has 1 saturated heterocycles. The highest BCUT2D eigenvalue weighted by Gasteiger charge is 2.32. The Balaban J connectivity index is 2.49. The SMILES string of the molecule is CCCNCC(C)S(=O)(=O)N1CCC(C)C1. The molecule has 0 aliphatic carbocycles. The predicted molar refractivity (Wildman–Crippen MR) is 66.9 cm³/mol. The van der Waals surface area contributed by atoms with Crippen molar-refractivity contribution >= 4 is 10.0 Å². The molecule has 1 N–H and O–H groups in total. The van der Waals surface area contributed by atoms with Crippen LogP contribution in [0.1, 0.15) is 33.6 Å². The van der Waals surface area contributed by atoms with Gasteiger partial charge in [-0.05, 0) is 32.2 Å². The van der Waals surface area contributed by atoms with Gasteiger partial charge in [0.2, 0.25) is 10.0 Å². The summed E-state index contributed by atoms with van der Waals surface area (Å²) in [6.07, 6.45) is 2.03. The molecule has 1 rings (SSSR count). The van der Waals surface area contributed by atoms with E-state index in [1.165, 1.54) is 0 Å². The maximum atomic E-state index is 12.2. The standard InChI is InChI=1S/C11H24N2O2S/c1-4-6-12-8-11(3)16(14,15)13-7-5-10(2)9-13/h10-12H,4-9H2,1-3H3. The number of nitrogens with zero attached hydrogens (tertiary/aromatic N) is 1. The topological polar surface area (TPSA) is 49.4 Å². The lowest BCUT2D eigenvalue weighted by Gasteiger charge is -2.21. The molecule has 0 aromatic carbocycles. The van der Waals surface area contributed by atoms with Crippen molar-refractivity contribution in [1.29, 1.82) is 0 Å². The van der Waals surface area contributed by atoms with Gasteiger partial charge in [0.25, 0.3) is 0 Å². The highest BCUT2D eigenvalue weighted by Crippen LogP contribution is 2.20. The van der Waals surface area contributed by atoms with Crippen LogP contribution in [-0.4, -0.2) is 44.2 Å². The average Bonchev–Trinajstić information content (AvgIpc) is 2.65. The zero-order valence-corrected chi connectivity index (χ0v) is 11.4. The minimum absolute atomic E-state index is 0.315. The van der Waals surface area contributed by atoms with Crippen LogP contribution in [0.25, 0.3) is 0 Å². The van der Waals surface area contributed by atoms with E-state index < -0.39 is 10.0 Å². The Kier molecular flexibility index (Phi) is 5.21. The number of hydrogen-bond donors (Lipinski definition) is 1. The van der Waals surface area contributed by atoms with Crippen molar-refractivity contribution in [3.05, 3.63) is 0 Å². The third-order valence-electron chi connectivity index (χ3n) is 3.11. The quantitative estimate of drug-likeness (QED) is 0.715. The van der Waals surface area contributed by atoms with Gasteiger partial charge in [-0.1, -0.05) is 13.8 Å². The molecule has 0 aromatic heterocycles. The van der Waals surface area contributed by atoms with Crippen molar-refractivity contribution < 1.29 is 8.42 Å². The lowest BCUT2D eigenvalue weighted by Crippen LogP contribution is -2.41. The maximum absolute atomic E-state index is 12.2. The van der Waals surface area contributed by atoms with Crippen molar-refractivity contribution in [2.45, 2.75) is 38.9 Å². The Labute approximate surface area is 99.5 Å². The molecular weight excluding hydrogens is 224 g/mol. The summed E-state index contributed by atoms with van der Waals surface area (Å²) in [4.78, 5) is 0. The summed E-state index contributed by atoms with van der Waals surface area (Å²) in [6.45, 7) is 8.81. The van der Waals surface area contributed by atoms with E-state index in [1.54, 1.807) is 11.2 Å². The second-order valence-electron chi connectivity index (χ2n) is 4.81. The van der Waals surface area contributed by atoms with Gasteiger partial charge in [0, 0.05) is 19.6 Å². The van der Waals surface area contributed by atoms with Crippen LogP contribution >= 0.6 is 0 Å². The van der Waals surface area contributed by atoms with E-state index in [9.17, 15) is 8.42 Å². The highest BCUT2D eigenvalue weighted by atomic mass is 32.2. The fourth-order valence-corrected chi connectivity index (χ4v) is 3.63. The third kappa shape index (κ3) is 3.43. The summed E-state index contributed by atoms with van der Waals surface area (Å²) < 4.78 is 26.0. The molecule has 16 heavy (non-hydrogen) atoms. The van der Waals surface area contributed by atoms with Crippen LogP contribution < -0.4 is 5.32 Å². The van der Waals surface area contributed by atoms with Crippen LogP contribution in [0.4, 0.5) is 0 Å². The molecule has 2 unspecified atom stereocenters. The Morgan fingerprint density at radius 1 is 1.50 bits per heavy atom. The molecular formula is C11H24N2O2S. The minimum atomic E-state index is -3.08. The van der Waals surface area contributed by atoms with E-state index in [2.05, 4.69) is 19.2 Å². The van der Waals surface area contributed by atoms with Gasteiger partial charge >= 0.3 is 0 Å². The van der Waals surface area contributed by atoms with Crippen molar-refractivity contribution in [1.82, 2.24) is 9.62 Å². The van der Waals surface area contributed by atoms with Crippen LogP contribution in [0.3, 0.4) is 0 Å². The van der Waals surface area contributed by atoms with Crippen LogP contribution in [0.2, 0.25) is 0 Å². The zero-order valence-electron chi connectivity index (χ0n) is 10.6. The van der Waals surface area contributed by atoms with Gasteiger partial charge < -0.3 is 5.32 Å². The number of nitrogens with one attached hydrogen (secondary N) is 1. The van der Waals surface area contributed by atoms with Gasteiger partial charge in [0.05, 0.1) is 5.25 Å². The molecule has 0 amide bonds. The molecule has 0 aromatic rings. The first-order valence-corrected chi connectivity index (χ1v) is 7.68. The van der Waals surface area contributed by atoms with Crippen molar-refractivity contribution in [2.24, 2.45) is 5.92 Å². The van der Waals surface area contributed by atoms with Crippen molar-refractivity contribution in [3.63, 3.8) is 0 Å². The van der Waals surface area contributed by atoms with Crippen LogP contribution in [0.5, 0.6) is 0 Å². The molecule has 0 saturated carbocycles. The second-order valence-corrected chi connectivity index (χ2v) is 7.16.